The van der Waals surface area contributed by atoms with Gasteiger partial charge in [0.25, 0.3) is 0 Å². The molecule has 1 saturated heterocycles. The van der Waals surface area contributed by atoms with Crippen LogP contribution in [0.15, 0.2) is 17.2 Å². The van der Waals surface area contributed by atoms with Crippen LogP contribution in [0, 0.1) is 0 Å². The lowest BCUT2D eigenvalue weighted by Gasteiger charge is -2.34. The molecule has 2 aromatic rings. The van der Waals surface area contributed by atoms with E-state index in [2.05, 4.69) is 15.0 Å². The van der Waals surface area contributed by atoms with Crippen molar-refractivity contribution in [2.75, 3.05) is 24.7 Å². The van der Waals surface area contributed by atoms with Crippen molar-refractivity contribution in [2.24, 2.45) is 0 Å². The number of hydrogen-bond donors (Lipinski definition) is 0. The van der Waals surface area contributed by atoms with Crippen molar-refractivity contribution in [2.45, 2.75) is 36.1 Å². The Kier molecular flexibility index (Phi) is 3.51. The monoisotopic (exact) mass is 356 g/mol. The lowest BCUT2D eigenvalue weighted by molar-refractivity contribution is 0.0986. The first kappa shape index (κ1) is 15.2. The highest BCUT2D eigenvalue weighted by Crippen LogP contribution is 2.35. The van der Waals surface area contributed by atoms with Gasteiger partial charge in [0.15, 0.2) is 20.7 Å². The van der Waals surface area contributed by atoms with Gasteiger partial charge in [-0.3, -0.25) is 0 Å². The Hall–Kier alpha value is -1.38. The van der Waals surface area contributed by atoms with E-state index >= 15 is 0 Å². The summed E-state index contributed by atoms with van der Waals surface area (Å²) in [6.07, 6.45) is 1.42. The summed E-state index contributed by atoms with van der Waals surface area (Å²) in [5.41, 5.74) is 0.655. The first-order chi connectivity index (χ1) is 11.0. The lowest BCUT2D eigenvalue weighted by atomic mass is 10.2. The Morgan fingerprint density at radius 1 is 1.35 bits per heavy atom. The third-order valence-electron chi connectivity index (χ3n) is 4.32. The van der Waals surface area contributed by atoms with E-state index in [9.17, 15) is 8.42 Å². The number of sulfone groups is 1. The zero-order valence-electron chi connectivity index (χ0n) is 12.6. The normalized spacial score (nSPS) is 22.7. The molecule has 124 valence electrons. The summed E-state index contributed by atoms with van der Waals surface area (Å²) in [4.78, 5) is 6.42. The highest BCUT2D eigenvalue weighted by molar-refractivity contribution is 7.92. The van der Waals surface area contributed by atoms with Gasteiger partial charge in [-0.05, 0) is 43.5 Å². The number of rotatable bonds is 3. The van der Waals surface area contributed by atoms with Crippen LogP contribution < -0.4 is 4.90 Å². The van der Waals surface area contributed by atoms with Crippen LogP contribution in [0.3, 0.4) is 0 Å². The lowest BCUT2D eigenvalue weighted by Crippen LogP contribution is -2.44. The van der Waals surface area contributed by atoms with Crippen molar-refractivity contribution in [3.63, 3.8) is 0 Å². The molecule has 2 aliphatic rings. The molecule has 1 aliphatic heterocycles. The molecule has 23 heavy (non-hydrogen) atoms. The van der Waals surface area contributed by atoms with Crippen LogP contribution in [-0.2, 0) is 14.6 Å². The second kappa shape index (κ2) is 5.32. The number of morpholine rings is 1. The van der Waals surface area contributed by atoms with Gasteiger partial charge in [-0.1, -0.05) is 0 Å². The maximum absolute atomic E-state index is 12.6. The van der Waals surface area contributed by atoms with Gasteiger partial charge in [-0.15, -0.1) is 5.10 Å². The molecule has 1 saturated carbocycles. The minimum Gasteiger partial charge on any atom is -0.377 e. The van der Waals surface area contributed by atoms with Crippen molar-refractivity contribution in [1.82, 2.24) is 14.6 Å². The van der Waals surface area contributed by atoms with Crippen molar-refractivity contribution in [3.05, 3.63) is 17.4 Å². The number of ether oxygens (including phenoxy) is 1. The van der Waals surface area contributed by atoms with E-state index in [1.54, 1.807) is 12.1 Å². The van der Waals surface area contributed by atoms with E-state index in [1.165, 1.54) is 4.52 Å². The highest BCUT2D eigenvalue weighted by atomic mass is 35.5. The van der Waals surface area contributed by atoms with Gasteiger partial charge in [0.2, 0.25) is 5.28 Å². The van der Waals surface area contributed by atoms with Crippen LogP contribution in [0.2, 0.25) is 5.28 Å². The van der Waals surface area contributed by atoms with E-state index in [0.29, 0.717) is 43.9 Å². The molecule has 0 unspecified atom stereocenters. The van der Waals surface area contributed by atoms with Gasteiger partial charge in [-0.25, -0.2) is 12.9 Å². The molecule has 2 aromatic heterocycles. The van der Waals surface area contributed by atoms with Crippen LogP contribution in [0.5, 0.6) is 0 Å². The molecule has 3 heterocycles. The Labute approximate surface area is 139 Å². The molecule has 0 N–H and O–H groups in total. The molecule has 0 bridgehead atoms. The van der Waals surface area contributed by atoms with Gasteiger partial charge >= 0.3 is 0 Å². The summed E-state index contributed by atoms with van der Waals surface area (Å²) in [5, 5.41) is 4.07. The summed E-state index contributed by atoms with van der Waals surface area (Å²) >= 11 is 6.07. The SMILES string of the molecule is C[C@@H]1COCCN1c1nc(Cl)nn2c(S(=O)(=O)C3CC3)ccc12. The van der Waals surface area contributed by atoms with E-state index in [4.69, 9.17) is 16.3 Å². The van der Waals surface area contributed by atoms with Crippen LogP contribution in [0.25, 0.3) is 5.52 Å². The van der Waals surface area contributed by atoms with Gasteiger partial charge in [-0.2, -0.15) is 4.98 Å². The molecule has 2 fully saturated rings. The maximum atomic E-state index is 12.6. The minimum atomic E-state index is -3.36. The summed E-state index contributed by atoms with van der Waals surface area (Å²) in [6, 6.07) is 3.49. The maximum Gasteiger partial charge on any atom is 0.243 e. The zero-order chi connectivity index (χ0) is 16.2. The first-order valence-electron chi connectivity index (χ1n) is 7.62. The van der Waals surface area contributed by atoms with Crippen molar-refractivity contribution < 1.29 is 13.2 Å². The summed E-state index contributed by atoms with van der Waals surface area (Å²) in [5.74, 6) is 0.651. The molecular weight excluding hydrogens is 340 g/mol. The predicted octanol–water partition coefficient (Wildman–Crippen LogP) is 1.54. The average Bonchev–Trinajstić information content (AvgIpc) is 3.28. The Balaban J connectivity index is 1.88. The number of hydrogen-bond acceptors (Lipinski definition) is 6. The Morgan fingerprint density at radius 3 is 2.83 bits per heavy atom. The topological polar surface area (TPSA) is 76.8 Å². The fourth-order valence-electron chi connectivity index (χ4n) is 2.95. The highest BCUT2D eigenvalue weighted by Gasteiger charge is 2.39. The number of halogens is 1. The number of anilines is 1. The van der Waals surface area contributed by atoms with Gasteiger partial charge in [0.1, 0.15) is 5.52 Å². The number of aromatic nitrogens is 3. The van der Waals surface area contributed by atoms with Gasteiger partial charge < -0.3 is 9.64 Å². The van der Waals surface area contributed by atoms with Gasteiger partial charge in [0, 0.05) is 6.54 Å². The summed E-state index contributed by atoms with van der Waals surface area (Å²) < 4.78 is 32.0. The largest absolute Gasteiger partial charge is 0.377 e. The Morgan fingerprint density at radius 2 is 2.13 bits per heavy atom. The molecule has 1 atom stereocenters. The third-order valence-corrected chi connectivity index (χ3v) is 6.73. The fraction of sp³-hybridized carbons (Fsp3) is 0.571. The number of fused-ring (bicyclic) bond motifs is 1. The average molecular weight is 357 g/mol. The van der Waals surface area contributed by atoms with Crippen molar-refractivity contribution in [1.29, 1.82) is 0 Å². The zero-order valence-corrected chi connectivity index (χ0v) is 14.2. The van der Waals surface area contributed by atoms with Crippen molar-refractivity contribution >= 4 is 32.8 Å². The molecule has 4 rings (SSSR count). The summed E-state index contributed by atoms with van der Waals surface area (Å²) in [6.45, 7) is 3.92. The second-order valence-electron chi connectivity index (χ2n) is 6.03. The predicted molar refractivity (Wildman–Crippen MR) is 85.8 cm³/mol. The summed E-state index contributed by atoms with van der Waals surface area (Å²) in [7, 11) is -3.36. The number of nitrogens with zero attached hydrogens (tertiary/aromatic N) is 4. The first-order valence-corrected chi connectivity index (χ1v) is 9.54. The quantitative estimate of drug-likeness (QED) is 0.830. The standard InChI is InChI=1S/C14H17ClN4O3S/c1-9-8-22-7-6-18(9)13-11-4-5-12(19(11)17-14(15)16-13)23(20,21)10-2-3-10/h4-5,9-10H,2-3,6-8H2,1H3/t9-/m1/s1. The third kappa shape index (κ3) is 2.49. The van der Waals surface area contributed by atoms with E-state index in [-0.39, 0.29) is 21.6 Å². The Bertz CT molecular complexity index is 862. The van der Waals surface area contributed by atoms with Crippen molar-refractivity contribution in [3.8, 4) is 0 Å². The molecule has 9 heteroatoms. The fourth-order valence-corrected chi connectivity index (χ4v) is 4.84. The molecule has 0 radical (unpaired) electrons. The molecule has 7 nitrogen and oxygen atoms in total. The van der Waals surface area contributed by atoms with Crippen LogP contribution in [0.4, 0.5) is 5.82 Å². The van der Waals surface area contributed by atoms with Gasteiger partial charge in [0.05, 0.1) is 24.5 Å². The van der Waals surface area contributed by atoms with Crippen LogP contribution in [-0.4, -0.2) is 54.1 Å². The molecule has 0 spiro atoms. The molecule has 0 amide bonds. The minimum absolute atomic E-state index is 0.0367. The second-order valence-corrected chi connectivity index (χ2v) is 8.55. The van der Waals surface area contributed by atoms with E-state index < -0.39 is 9.84 Å². The van der Waals surface area contributed by atoms with Crippen LogP contribution >= 0.6 is 11.6 Å². The smallest absolute Gasteiger partial charge is 0.243 e. The van der Waals surface area contributed by atoms with E-state index in [1.807, 2.05) is 6.92 Å². The molecular formula is C14H17ClN4O3S. The van der Waals surface area contributed by atoms with E-state index in [0.717, 1.165) is 0 Å². The molecule has 1 aliphatic carbocycles. The molecule has 0 aromatic carbocycles. The van der Waals surface area contributed by atoms with Crippen LogP contribution in [0.1, 0.15) is 19.8 Å².